The minimum atomic E-state index is -4.44. The van der Waals surface area contributed by atoms with E-state index in [2.05, 4.69) is 32.0 Å². The third-order valence-electron chi connectivity index (χ3n) is 5.92. The van der Waals surface area contributed by atoms with Gasteiger partial charge in [-0.25, -0.2) is 0 Å². The summed E-state index contributed by atoms with van der Waals surface area (Å²) in [6.07, 6.45) is 0.706. The molecule has 5 nitrogen and oxygen atoms in total. The molecular formula is C23H26F3N5. The molecule has 0 spiro atoms. The van der Waals surface area contributed by atoms with Crippen LogP contribution in [0, 0.1) is 0 Å². The Balaban J connectivity index is 1.53. The van der Waals surface area contributed by atoms with Crippen molar-refractivity contribution in [2.24, 2.45) is 7.05 Å². The van der Waals surface area contributed by atoms with Crippen LogP contribution in [0.25, 0.3) is 0 Å². The SMILES string of the molecule is Cn1nccc1C(c1cnccc1C(F)(F)F)N1CCN(CCc2ccccc2)CC1. The predicted molar refractivity (Wildman–Crippen MR) is 112 cm³/mol. The Kier molecular flexibility index (Phi) is 6.38. The molecule has 0 aliphatic carbocycles. The standard InChI is InChI=1S/C23H26F3N5/c1-29-21(8-11-28-29)22(19-17-27-10-7-20(19)23(24,25)26)31-15-13-30(14-16-31)12-9-18-5-3-2-4-6-18/h2-8,10-11,17,22H,9,12-16H2,1H3. The van der Waals surface area contributed by atoms with Crippen molar-refractivity contribution >= 4 is 0 Å². The number of piperazine rings is 1. The van der Waals surface area contributed by atoms with Crippen molar-refractivity contribution in [1.29, 1.82) is 0 Å². The van der Waals surface area contributed by atoms with Gasteiger partial charge in [0, 0.05) is 63.9 Å². The fraction of sp³-hybridized carbons (Fsp3) is 0.391. The summed E-state index contributed by atoms with van der Waals surface area (Å²) < 4.78 is 42.9. The van der Waals surface area contributed by atoms with E-state index in [0.717, 1.165) is 37.8 Å². The van der Waals surface area contributed by atoms with E-state index in [9.17, 15) is 13.2 Å². The van der Waals surface area contributed by atoms with Crippen molar-refractivity contribution in [3.8, 4) is 0 Å². The summed E-state index contributed by atoms with van der Waals surface area (Å²) in [5.74, 6) is 0. The van der Waals surface area contributed by atoms with Gasteiger partial charge < -0.3 is 4.90 Å². The highest BCUT2D eigenvalue weighted by Crippen LogP contribution is 2.38. The van der Waals surface area contributed by atoms with Crippen LogP contribution in [0.4, 0.5) is 13.2 Å². The van der Waals surface area contributed by atoms with Gasteiger partial charge in [-0.1, -0.05) is 30.3 Å². The Morgan fingerprint density at radius 2 is 1.71 bits per heavy atom. The quantitative estimate of drug-likeness (QED) is 0.598. The lowest BCUT2D eigenvalue weighted by molar-refractivity contribution is -0.138. The first-order valence-electron chi connectivity index (χ1n) is 10.4. The van der Waals surface area contributed by atoms with E-state index >= 15 is 0 Å². The zero-order valence-electron chi connectivity index (χ0n) is 17.5. The van der Waals surface area contributed by atoms with E-state index in [4.69, 9.17) is 0 Å². The Bertz CT molecular complexity index is 978. The first-order valence-corrected chi connectivity index (χ1v) is 10.4. The molecule has 1 aromatic carbocycles. The van der Waals surface area contributed by atoms with Gasteiger partial charge in [-0.3, -0.25) is 14.6 Å². The average Bonchev–Trinajstić information content (AvgIpc) is 3.19. The molecule has 1 fully saturated rings. The van der Waals surface area contributed by atoms with Crippen LogP contribution in [-0.2, 0) is 19.6 Å². The highest BCUT2D eigenvalue weighted by Gasteiger charge is 2.38. The van der Waals surface area contributed by atoms with Crippen LogP contribution < -0.4 is 0 Å². The van der Waals surface area contributed by atoms with Gasteiger partial charge in [0.2, 0.25) is 0 Å². The summed E-state index contributed by atoms with van der Waals surface area (Å²) in [6.45, 7) is 3.91. The highest BCUT2D eigenvalue weighted by atomic mass is 19.4. The number of alkyl halides is 3. The number of rotatable bonds is 6. The summed E-state index contributed by atoms with van der Waals surface area (Å²) in [6, 6.07) is 12.6. The van der Waals surface area contributed by atoms with Gasteiger partial charge in [0.25, 0.3) is 0 Å². The maximum Gasteiger partial charge on any atom is 0.416 e. The van der Waals surface area contributed by atoms with Crippen LogP contribution in [0.2, 0.25) is 0 Å². The molecule has 0 radical (unpaired) electrons. The van der Waals surface area contributed by atoms with Crippen molar-refractivity contribution in [1.82, 2.24) is 24.6 Å². The molecule has 8 heteroatoms. The molecule has 1 aliphatic heterocycles. The Morgan fingerprint density at radius 3 is 2.35 bits per heavy atom. The molecule has 1 saturated heterocycles. The lowest BCUT2D eigenvalue weighted by Gasteiger charge is -2.40. The Morgan fingerprint density at radius 1 is 0.968 bits per heavy atom. The van der Waals surface area contributed by atoms with Gasteiger partial charge in [-0.2, -0.15) is 18.3 Å². The second-order valence-electron chi connectivity index (χ2n) is 7.86. The second kappa shape index (κ2) is 9.20. The number of halogens is 3. The number of nitrogens with zero attached hydrogens (tertiary/aromatic N) is 5. The minimum Gasteiger partial charge on any atom is -0.300 e. The van der Waals surface area contributed by atoms with E-state index in [1.54, 1.807) is 24.0 Å². The van der Waals surface area contributed by atoms with Gasteiger partial charge in [-0.15, -0.1) is 0 Å². The van der Waals surface area contributed by atoms with Gasteiger partial charge in [0.05, 0.1) is 17.3 Å². The summed E-state index contributed by atoms with van der Waals surface area (Å²) in [5.41, 5.74) is 1.57. The molecule has 0 N–H and O–H groups in total. The lowest BCUT2D eigenvalue weighted by Crippen LogP contribution is -2.48. The van der Waals surface area contributed by atoms with E-state index in [1.165, 1.54) is 18.0 Å². The zero-order valence-corrected chi connectivity index (χ0v) is 17.5. The van der Waals surface area contributed by atoms with Gasteiger partial charge in [0.15, 0.2) is 0 Å². The van der Waals surface area contributed by atoms with Crippen LogP contribution in [0.1, 0.15) is 28.4 Å². The molecule has 0 bridgehead atoms. The van der Waals surface area contributed by atoms with Gasteiger partial charge >= 0.3 is 6.18 Å². The predicted octanol–water partition coefficient (Wildman–Crippen LogP) is 3.78. The molecule has 31 heavy (non-hydrogen) atoms. The van der Waals surface area contributed by atoms with Gasteiger partial charge in [0.1, 0.15) is 0 Å². The highest BCUT2D eigenvalue weighted by molar-refractivity contribution is 5.35. The monoisotopic (exact) mass is 429 g/mol. The topological polar surface area (TPSA) is 37.2 Å². The summed E-state index contributed by atoms with van der Waals surface area (Å²) in [5, 5.41) is 4.21. The molecule has 3 aromatic rings. The van der Waals surface area contributed by atoms with Crippen molar-refractivity contribution in [3.63, 3.8) is 0 Å². The fourth-order valence-electron chi connectivity index (χ4n) is 4.26. The van der Waals surface area contributed by atoms with Crippen molar-refractivity contribution in [2.75, 3.05) is 32.7 Å². The molecule has 1 aliphatic rings. The van der Waals surface area contributed by atoms with Crippen molar-refractivity contribution in [2.45, 2.75) is 18.6 Å². The van der Waals surface area contributed by atoms with E-state index in [0.29, 0.717) is 13.1 Å². The Labute approximate surface area is 180 Å². The molecule has 3 heterocycles. The number of aromatic nitrogens is 3. The van der Waals surface area contributed by atoms with Gasteiger partial charge in [-0.05, 0) is 24.1 Å². The molecule has 164 valence electrons. The third kappa shape index (κ3) is 4.97. The summed E-state index contributed by atoms with van der Waals surface area (Å²) >= 11 is 0. The smallest absolute Gasteiger partial charge is 0.300 e. The van der Waals surface area contributed by atoms with Crippen LogP contribution >= 0.6 is 0 Å². The van der Waals surface area contributed by atoms with Crippen molar-refractivity contribution < 1.29 is 13.2 Å². The maximum atomic E-state index is 13.8. The van der Waals surface area contributed by atoms with Crippen LogP contribution in [0.5, 0.6) is 0 Å². The molecule has 4 rings (SSSR count). The van der Waals surface area contributed by atoms with E-state index in [-0.39, 0.29) is 5.56 Å². The number of aryl methyl sites for hydroxylation is 1. The maximum absolute atomic E-state index is 13.8. The first kappa shape index (κ1) is 21.5. The minimum absolute atomic E-state index is 0.177. The van der Waals surface area contributed by atoms with Crippen LogP contribution in [0.3, 0.4) is 0 Å². The molecule has 1 unspecified atom stereocenters. The Hall–Kier alpha value is -2.71. The normalized spacial score (nSPS) is 17.0. The zero-order chi connectivity index (χ0) is 21.8. The number of hydrogen-bond donors (Lipinski definition) is 0. The second-order valence-corrected chi connectivity index (χ2v) is 7.86. The van der Waals surface area contributed by atoms with E-state index < -0.39 is 17.8 Å². The molecule has 1 atom stereocenters. The number of hydrogen-bond acceptors (Lipinski definition) is 4. The number of pyridine rings is 1. The van der Waals surface area contributed by atoms with Crippen molar-refractivity contribution in [3.05, 3.63) is 83.4 Å². The molecule has 0 saturated carbocycles. The van der Waals surface area contributed by atoms with Crippen LogP contribution in [-0.4, -0.2) is 57.3 Å². The average molecular weight is 429 g/mol. The van der Waals surface area contributed by atoms with E-state index in [1.807, 2.05) is 18.2 Å². The largest absolute Gasteiger partial charge is 0.416 e. The fourth-order valence-corrected chi connectivity index (χ4v) is 4.26. The first-order chi connectivity index (χ1) is 14.9. The third-order valence-corrected chi connectivity index (χ3v) is 5.92. The molecular weight excluding hydrogens is 403 g/mol. The summed E-state index contributed by atoms with van der Waals surface area (Å²) in [4.78, 5) is 8.51. The lowest BCUT2D eigenvalue weighted by atomic mass is 9.97. The molecule has 2 aromatic heterocycles. The number of benzene rings is 1. The molecule has 0 amide bonds. The summed E-state index contributed by atoms with van der Waals surface area (Å²) in [7, 11) is 1.77. The van der Waals surface area contributed by atoms with Crippen LogP contribution in [0.15, 0.2) is 61.1 Å².